The number of nitrogens with zero attached hydrogens (tertiary/aromatic N) is 4. The van der Waals surface area contributed by atoms with Crippen molar-refractivity contribution in [3.63, 3.8) is 0 Å². The fourth-order valence-electron chi connectivity index (χ4n) is 2.25. The third-order valence-corrected chi connectivity index (χ3v) is 5.77. The highest BCUT2D eigenvalue weighted by Crippen LogP contribution is 2.24. The standard InChI is InChI=1S/C18H18ClN5OS2/c1-3-26-17-7-5-13(9-20-17)22-16(25)10-27-18-23-21-11-24(18)14-6-4-12(2)15(19)8-14/h4-9,11H,3,10H2,1-2H3,(H,22,25). The summed E-state index contributed by atoms with van der Waals surface area (Å²) in [6, 6.07) is 9.48. The lowest BCUT2D eigenvalue weighted by Crippen LogP contribution is -2.14. The lowest BCUT2D eigenvalue weighted by molar-refractivity contribution is -0.113. The van der Waals surface area contributed by atoms with Gasteiger partial charge in [-0.2, -0.15) is 0 Å². The van der Waals surface area contributed by atoms with E-state index in [0.29, 0.717) is 15.9 Å². The van der Waals surface area contributed by atoms with Crippen LogP contribution in [0.1, 0.15) is 12.5 Å². The molecule has 0 fully saturated rings. The van der Waals surface area contributed by atoms with E-state index in [9.17, 15) is 4.79 Å². The molecule has 0 aliphatic carbocycles. The number of aryl methyl sites for hydroxylation is 1. The molecule has 0 aliphatic rings. The second kappa shape index (κ2) is 9.25. The Morgan fingerprint density at radius 3 is 2.81 bits per heavy atom. The fraction of sp³-hybridized carbons (Fsp3) is 0.222. The highest BCUT2D eigenvalue weighted by atomic mass is 35.5. The number of hydrogen-bond acceptors (Lipinski definition) is 6. The molecular weight excluding hydrogens is 402 g/mol. The van der Waals surface area contributed by atoms with Crippen LogP contribution in [0.3, 0.4) is 0 Å². The van der Waals surface area contributed by atoms with Gasteiger partial charge in [0.05, 0.1) is 28.4 Å². The van der Waals surface area contributed by atoms with Crippen molar-refractivity contribution in [3.05, 3.63) is 53.4 Å². The Balaban J connectivity index is 1.61. The van der Waals surface area contributed by atoms with Crippen LogP contribution in [-0.4, -0.2) is 37.2 Å². The maximum absolute atomic E-state index is 12.2. The van der Waals surface area contributed by atoms with Gasteiger partial charge < -0.3 is 5.32 Å². The molecule has 1 aromatic carbocycles. The molecule has 0 bridgehead atoms. The van der Waals surface area contributed by atoms with E-state index in [1.54, 1.807) is 24.3 Å². The number of carbonyl (C=O) groups excluding carboxylic acids is 1. The van der Waals surface area contributed by atoms with Crippen LogP contribution >= 0.6 is 35.1 Å². The summed E-state index contributed by atoms with van der Waals surface area (Å²) in [7, 11) is 0. The van der Waals surface area contributed by atoms with Crippen molar-refractivity contribution in [2.45, 2.75) is 24.0 Å². The number of amides is 1. The zero-order chi connectivity index (χ0) is 19.2. The van der Waals surface area contributed by atoms with Gasteiger partial charge in [-0.3, -0.25) is 9.36 Å². The third kappa shape index (κ3) is 5.24. The molecule has 0 aliphatic heterocycles. The van der Waals surface area contributed by atoms with Gasteiger partial charge in [0.25, 0.3) is 0 Å². The molecule has 6 nitrogen and oxygen atoms in total. The Labute approximate surface area is 171 Å². The summed E-state index contributed by atoms with van der Waals surface area (Å²) in [6.07, 6.45) is 3.27. The number of hydrogen-bond donors (Lipinski definition) is 1. The lowest BCUT2D eigenvalue weighted by atomic mass is 10.2. The number of pyridine rings is 1. The number of nitrogens with one attached hydrogen (secondary N) is 1. The van der Waals surface area contributed by atoms with E-state index in [0.717, 1.165) is 22.0 Å². The summed E-state index contributed by atoms with van der Waals surface area (Å²) in [5.41, 5.74) is 2.53. The lowest BCUT2D eigenvalue weighted by Gasteiger charge is -2.08. The average molecular weight is 420 g/mol. The molecule has 3 rings (SSSR count). The van der Waals surface area contributed by atoms with Gasteiger partial charge in [-0.05, 0) is 42.5 Å². The van der Waals surface area contributed by atoms with Crippen LogP contribution in [0.15, 0.2) is 53.0 Å². The minimum absolute atomic E-state index is 0.130. The van der Waals surface area contributed by atoms with Crippen molar-refractivity contribution in [2.24, 2.45) is 0 Å². The van der Waals surface area contributed by atoms with E-state index in [4.69, 9.17) is 11.6 Å². The van der Waals surface area contributed by atoms with Gasteiger partial charge in [0, 0.05) is 5.02 Å². The quantitative estimate of drug-likeness (QED) is 0.569. The van der Waals surface area contributed by atoms with Gasteiger partial charge >= 0.3 is 0 Å². The molecule has 1 N–H and O–H groups in total. The van der Waals surface area contributed by atoms with Crippen LogP contribution in [0.25, 0.3) is 5.69 Å². The van der Waals surface area contributed by atoms with Crippen molar-refractivity contribution in [1.29, 1.82) is 0 Å². The second-order valence-electron chi connectivity index (χ2n) is 5.57. The number of halogens is 1. The topological polar surface area (TPSA) is 72.7 Å². The molecule has 0 saturated heterocycles. The van der Waals surface area contributed by atoms with E-state index < -0.39 is 0 Å². The molecule has 0 unspecified atom stereocenters. The number of benzene rings is 1. The summed E-state index contributed by atoms with van der Waals surface area (Å²) in [5, 5.41) is 13.1. The highest BCUT2D eigenvalue weighted by molar-refractivity contribution is 7.99. The smallest absolute Gasteiger partial charge is 0.234 e. The Bertz CT molecular complexity index is 930. The number of rotatable bonds is 7. The average Bonchev–Trinajstić information content (AvgIpc) is 3.13. The van der Waals surface area contributed by atoms with Gasteiger partial charge in [0.2, 0.25) is 5.91 Å². The molecule has 0 saturated carbocycles. The third-order valence-electron chi connectivity index (χ3n) is 3.59. The van der Waals surface area contributed by atoms with Crippen molar-refractivity contribution in [2.75, 3.05) is 16.8 Å². The summed E-state index contributed by atoms with van der Waals surface area (Å²) >= 11 is 9.16. The van der Waals surface area contributed by atoms with Crippen LogP contribution in [0.2, 0.25) is 5.02 Å². The predicted octanol–water partition coefficient (Wildman–Crippen LogP) is 4.47. The number of carbonyl (C=O) groups is 1. The monoisotopic (exact) mass is 419 g/mol. The molecular formula is C18H18ClN5OS2. The Hall–Kier alpha value is -2.03. The Morgan fingerprint density at radius 1 is 1.26 bits per heavy atom. The molecule has 9 heteroatoms. The normalized spacial score (nSPS) is 10.8. The number of thioether (sulfide) groups is 2. The summed E-state index contributed by atoms with van der Waals surface area (Å²) < 4.78 is 1.81. The molecule has 0 radical (unpaired) electrons. The molecule has 2 heterocycles. The zero-order valence-corrected chi connectivity index (χ0v) is 17.2. The van der Waals surface area contributed by atoms with Crippen LogP contribution in [0.5, 0.6) is 0 Å². The molecule has 0 atom stereocenters. The molecule has 27 heavy (non-hydrogen) atoms. The Morgan fingerprint density at radius 2 is 2.11 bits per heavy atom. The van der Waals surface area contributed by atoms with Gasteiger partial charge in [-0.25, -0.2) is 4.98 Å². The van der Waals surface area contributed by atoms with E-state index in [-0.39, 0.29) is 11.7 Å². The minimum atomic E-state index is -0.130. The van der Waals surface area contributed by atoms with E-state index in [2.05, 4.69) is 27.4 Å². The SMILES string of the molecule is CCSc1ccc(NC(=O)CSc2nncn2-c2ccc(C)c(Cl)c2)cn1. The summed E-state index contributed by atoms with van der Waals surface area (Å²) in [5.74, 6) is 1.04. The highest BCUT2D eigenvalue weighted by Gasteiger charge is 2.11. The van der Waals surface area contributed by atoms with Crippen molar-refractivity contribution in [3.8, 4) is 5.69 Å². The fourth-order valence-corrected chi connectivity index (χ4v) is 3.74. The predicted molar refractivity (Wildman–Crippen MR) is 111 cm³/mol. The molecule has 0 spiro atoms. The van der Waals surface area contributed by atoms with Gasteiger partial charge in [0.1, 0.15) is 6.33 Å². The number of aromatic nitrogens is 4. The van der Waals surface area contributed by atoms with Crippen molar-refractivity contribution >= 4 is 46.7 Å². The molecule has 3 aromatic rings. The minimum Gasteiger partial charge on any atom is -0.324 e. The van der Waals surface area contributed by atoms with Crippen LogP contribution < -0.4 is 5.32 Å². The molecule has 140 valence electrons. The molecule has 1 amide bonds. The van der Waals surface area contributed by atoms with Gasteiger partial charge in [-0.15, -0.1) is 22.0 Å². The second-order valence-corrected chi connectivity index (χ2v) is 8.21. The van der Waals surface area contributed by atoms with Crippen LogP contribution in [0.4, 0.5) is 5.69 Å². The van der Waals surface area contributed by atoms with Crippen LogP contribution in [-0.2, 0) is 4.79 Å². The number of anilines is 1. The summed E-state index contributed by atoms with van der Waals surface area (Å²) in [4.78, 5) is 16.5. The van der Waals surface area contributed by atoms with Crippen LogP contribution in [0, 0.1) is 6.92 Å². The maximum Gasteiger partial charge on any atom is 0.234 e. The van der Waals surface area contributed by atoms with E-state index in [1.807, 2.05) is 41.8 Å². The van der Waals surface area contributed by atoms with Gasteiger partial charge in [0.15, 0.2) is 5.16 Å². The zero-order valence-electron chi connectivity index (χ0n) is 14.8. The van der Waals surface area contributed by atoms with E-state index in [1.165, 1.54) is 11.8 Å². The first-order valence-corrected chi connectivity index (χ1v) is 10.6. The van der Waals surface area contributed by atoms with Gasteiger partial charge in [-0.1, -0.05) is 36.4 Å². The summed E-state index contributed by atoms with van der Waals surface area (Å²) in [6.45, 7) is 4.02. The van der Waals surface area contributed by atoms with E-state index >= 15 is 0 Å². The first-order valence-electron chi connectivity index (χ1n) is 8.25. The van der Waals surface area contributed by atoms with Crippen molar-refractivity contribution < 1.29 is 4.79 Å². The Kier molecular flexibility index (Phi) is 6.76. The molecule has 2 aromatic heterocycles. The first-order chi connectivity index (χ1) is 13.1. The largest absolute Gasteiger partial charge is 0.324 e. The maximum atomic E-state index is 12.2. The first kappa shape index (κ1) is 19.7. The van der Waals surface area contributed by atoms with Crippen molar-refractivity contribution in [1.82, 2.24) is 19.7 Å².